The van der Waals surface area contributed by atoms with Crippen molar-refractivity contribution in [3.05, 3.63) is 45.7 Å². The second kappa shape index (κ2) is 17.1. The number of aromatic nitrogens is 1. The van der Waals surface area contributed by atoms with E-state index in [1.165, 1.54) is 12.5 Å². The Hall–Kier alpha value is -2.26. The molecule has 0 saturated carbocycles. The van der Waals surface area contributed by atoms with E-state index in [4.69, 9.17) is 35.8 Å². The second-order valence-electron chi connectivity index (χ2n) is 12.8. The minimum Gasteiger partial charge on any atom is -0.490 e. The van der Waals surface area contributed by atoms with Gasteiger partial charge in [0.1, 0.15) is 29.6 Å². The molecule has 2 aliphatic heterocycles. The third-order valence-electron chi connectivity index (χ3n) is 8.64. The van der Waals surface area contributed by atoms with Crippen molar-refractivity contribution in [2.45, 2.75) is 136 Å². The number of aliphatic imine (C=N–C) groups is 1. The number of aliphatic hydroxyl groups is 1. The van der Waals surface area contributed by atoms with E-state index in [1.54, 1.807) is 0 Å². The molecule has 2 fully saturated rings. The first-order valence-corrected chi connectivity index (χ1v) is 17.5. The molecule has 0 bridgehead atoms. The summed E-state index contributed by atoms with van der Waals surface area (Å²) >= 11 is 6.65. The van der Waals surface area contributed by atoms with E-state index >= 15 is 4.39 Å². The van der Waals surface area contributed by atoms with Crippen LogP contribution >= 0.6 is 11.6 Å². The van der Waals surface area contributed by atoms with Gasteiger partial charge in [-0.1, -0.05) is 71.9 Å². The molecule has 3 aliphatic rings. The zero-order chi connectivity index (χ0) is 32.5. The lowest BCUT2D eigenvalue weighted by Crippen LogP contribution is -2.29. The minimum atomic E-state index is -0.566. The molecule has 1 aromatic carbocycles. The number of nitrogens with zero attached hydrogens (tertiary/aromatic N) is 2. The standard InChI is InChI=1S/C33H45ClFN3O4.C3H8/c1-5-8-22(14-21-17-40-31-28(39)18-41-30(21)31)36-32-19(4)13-25(34)33(38-32)37-27-12-11-20-15-24(16-26(35)29(20)27)42-23(9-6-2)10-7-3;1-3-2/h13,15-16,21,23,27-28,30-31,39H,5-12,14,17-18H2,1-4H3,(H,37,38);3H2,1-2H3/t21?,27?,28?,30-,31-;/m1./s1. The van der Waals surface area contributed by atoms with Crippen LogP contribution in [0.3, 0.4) is 0 Å². The van der Waals surface area contributed by atoms with Gasteiger partial charge in [-0.25, -0.2) is 14.4 Å². The lowest BCUT2D eigenvalue weighted by atomic mass is 9.94. The fourth-order valence-corrected chi connectivity index (χ4v) is 6.89. The molecule has 7 nitrogen and oxygen atoms in total. The smallest absolute Gasteiger partial charge is 0.157 e. The Bertz CT molecular complexity index is 1290. The van der Waals surface area contributed by atoms with E-state index in [1.807, 2.05) is 19.1 Å². The van der Waals surface area contributed by atoms with Gasteiger partial charge in [-0.15, -0.1) is 0 Å². The first-order chi connectivity index (χ1) is 21.7. The van der Waals surface area contributed by atoms with Crippen molar-refractivity contribution >= 4 is 28.9 Å². The maximum atomic E-state index is 15.5. The Balaban J connectivity index is 0.00000148. The molecule has 0 spiro atoms. The lowest BCUT2D eigenvalue weighted by Gasteiger charge is -2.20. The highest BCUT2D eigenvalue weighted by Gasteiger charge is 2.47. The van der Waals surface area contributed by atoms with Crippen molar-refractivity contribution in [1.29, 1.82) is 0 Å². The van der Waals surface area contributed by atoms with Crippen molar-refractivity contribution in [1.82, 2.24) is 4.98 Å². The second-order valence-corrected chi connectivity index (χ2v) is 13.2. The third-order valence-corrected chi connectivity index (χ3v) is 8.93. The molecule has 45 heavy (non-hydrogen) atoms. The van der Waals surface area contributed by atoms with Crippen LogP contribution in [0.5, 0.6) is 5.75 Å². The van der Waals surface area contributed by atoms with Gasteiger partial charge >= 0.3 is 0 Å². The first kappa shape index (κ1) is 35.6. The van der Waals surface area contributed by atoms with Gasteiger partial charge in [0.2, 0.25) is 0 Å². The van der Waals surface area contributed by atoms with E-state index in [-0.39, 0.29) is 36.1 Å². The van der Waals surface area contributed by atoms with E-state index in [0.717, 1.165) is 74.6 Å². The van der Waals surface area contributed by atoms with Gasteiger partial charge in [-0.2, -0.15) is 0 Å². The molecule has 5 rings (SSSR count). The number of ether oxygens (including phenoxy) is 3. The molecule has 2 N–H and O–H groups in total. The molecule has 2 aromatic rings. The number of hydrogen-bond acceptors (Lipinski definition) is 7. The number of anilines is 1. The summed E-state index contributed by atoms with van der Waals surface area (Å²) in [6.07, 6.45) is 8.42. The maximum absolute atomic E-state index is 15.5. The van der Waals surface area contributed by atoms with Gasteiger partial charge in [0, 0.05) is 23.3 Å². The van der Waals surface area contributed by atoms with Crippen molar-refractivity contribution in [3.8, 4) is 5.75 Å². The third kappa shape index (κ3) is 8.97. The van der Waals surface area contributed by atoms with Crippen molar-refractivity contribution in [2.24, 2.45) is 10.9 Å². The van der Waals surface area contributed by atoms with Gasteiger partial charge in [-0.05, 0) is 68.7 Å². The van der Waals surface area contributed by atoms with Crippen molar-refractivity contribution < 1.29 is 23.7 Å². The fourth-order valence-electron chi connectivity index (χ4n) is 6.63. The van der Waals surface area contributed by atoms with Gasteiger partial charge < -0.3 is 24.6 Å². The van der Waals surface area contributed by atoms with Gasteiger partial charge in [0.25, 0.3) is 0 Å². The Morgan fingerprint density at radius 2 is 1.80 bits per heavy atom. The lowest BCUT2D eigenvalue weighted by molar-refractivity contribution is 0.0170. The van der Waals surface area contributed by atoms with Crippen LogP contribution in [-0.4, -0.2) is 53.4 Å². The monoisotopic (exact) mass is 645 g/mol. The van der Waals surface area contributed by atoms with Crippen LogP contribution in [0.15, 0.2) is 23.2 Å². The van der Waals surface area contributed by atoms with E-state index < -0.39 is 6.10 Å². The predicted octanol–water partition coefficient (Wildman–Crippen LogP) is 9.08. The molecule has 5 atom stereocenters. The molecule has 0 amide bonds. The van der Waals surface area contributed by atoms with Crippen LogP contribution in [0.2, 0.25) is 5.02 Å². The molecule has 1 aromatic heterocycles. The van der Waals surface area contributed by atoms with E-state index in [9.17, 15) is 5.11 Å². The largest absolute Gasteiger partial charge is 0.490 e. The molecular weight excluding hydrogens is 593 g/mol. The number of pyridine rings is 1. The van der Waals surface area contributed by atoms with Crippen LogP contribution in [0, 0.1) is 18.7 Å². The Morgan fingerprint density at radius 1 is 1.09 bits per heavy atom. The molecular formula is C36H53ClFN3O4. The van der Waals surface area contributed by atoms with Crippen LogP contribution in [-0.2, 0) is 15.9 Å². The van der Waals surface area contributed by atoms with Crippen molar-refractivity contribution in [3.63, 3.8) is 0 Å². The van der Waals surface area contributed by atoms with Crippen molar-refractivity contribution in [2.75, 3.05) is 18.5 Å². The first-order valence-electron chi connectivity index (χ1n) is 17.1. The summed E-state index contributed by atoms with van der Waals surface area (Å²) in [4.78, 5) is 9.83. The number of halogens is 2. The Labute approximate surface area is 274 Å². The van der Waals surface area contributed by atoms with Crippen LogP contribution in [0.25, 0.3) is 0 Å². The number of aryl methyl sites for hydroxylation is 2. The average molecular weight is 646 g/mol. The van der Waals surface area contributed by atoms with E-state index in [0.29, 0.717) is 41.2 Å². The van der Waals surface area contributed by atoms with Crippen LogP contribution in [0.4, 0.5) is 16.0 Å². The average Bonchev–Trinajstić information content (AvgIpc) is 3.69. The quantitative estimate of drug-likeness (QED) is 0.211. The highest BCUT2D eigenvalue weighted by molar-refractivity contribution is 6.33. The Morgan fingerprint density at radius 3 is 2.49 bits per heavy atom. The summed E-state index contributed by atoms with van der Waals surface area (Å²) in [5.41, 5.74) is 3.53. The Kier molecular flexibility index (Phi) is 13.5. The fraction of sp³-hybridized carbons (Fsp3) is 0.667. The van der Waals surface area contributed by atoms with Gasteiger partial charge in [0.05, 0.1) is 36.5 Å². The number of aliphatic hydroxyl groups excluding tert-OH is 1. The molecule has 2 saturated heterocycles. The minimum absolute atomic E-state index is 0.106. The highest BCUT2D eigenvalue weighted by Crippen LogP contribution is 2.40. The summed E-state index contributed by atoms with van der Waals surface area (Å²) in [6, 6.07) is 5.15. The number of hydrogen-bond donors (Lipinski definition) is 2. The molecule has 3 heterocycles. The highest BCUT2D eigenvalue weighted by atomic mass is 35.5. The molecule has 3 unspecified atom stereocenters. The number of fused-ring (bicyclic) bond motifs is 2. The SMILES string of the molecule is CCC.CCCC(CC1CO[C@@H]2C(O)CO[C@H]12)=Nc1nc(NC2CCc3cc(OC(CCC)CCC)cc(F)c32)c(Cl)cc1C. The normalized spacial score (nSPS) is 24.0. The summed E-state index contributed by atoms with van der Waals surface area (Å²) < 4.78 is 33.4. The molecule has 0 radical (unpaired) electrons. The predicted molar refractivity (Wildman–Crippen MR) is 181 cm³/mol. The number of rotatable bonds is 13. The molecule has 250 valence electrons. The maximum Gasteiger partial charge on any atom is 0.157 e. The summed E-state index contributed by atoms with van der Waals surface area (Å²) in [5, 5.41) is 14.0. The van der Waals surface area contributed by atoms with Gasteiger partial charge in [-0.3, -0.25) is 0 Å². The van der Waals surface area contributed by atoms with Gasteiger partial charge in [0.15, 0.2) is 5.82 Å². The summed E-state index contributed by atoms with van der Waals surface area (Å²) in [5.74, 6) is 1.61. The molecule has 1 aliphatic carbocycles. The zero-order valence-electron chi connectivity index (χ0n) is 28.0. The number of nitrogens with one attached hydrogen (secondary N) is 1. The molecule has 9 heteroatoms. The topological polar surface area (TPSA) is 85.2 Å². The van der Waals surface area contributed by atoms with E-state index in [2.05, 4.69) is 39.9 Å². The van der Waals surface area contributed by atoms with Crippen LogP contribution < -0.4 is 10.1 Å². The summed E-state index contributed by atoms with van der Waals surface area (Å²) in [7, 11) is 0. The zero-order valence-corrected chi connectivity index (χ0v) is 28.8. The summed E-state index contributed by atoms with van der Waals surface area (Å²) in [6.45, 7) is 13.5. The van der Waals surface area contributed by atoms with Crippen LogP contribution in [0.1, 0.15) is 115 Å². The number of benzene rings is 1.